The second-order valence-corrected chi connectivity index (χ2v) is 10.1. The molecular formula is C29H28N8O3. The molecule has 1 N–H and O–H groups in total. The largest absolute Gasteiger partial charge is 0.479 e. The lowest BCUT2D eigenvalue weighted by atomic mass is 9.79. The highest BCUT2D eigenvalue weighted by Gasteiger charge is 2.49. The molecule has 4 aromatic rings. The number of hydrogen-bond donors (Lipinski definition) is 1. The average molecular weight is 537 g/mol. The lowest BCUT2D eigenvalue weighted by Gasteiger charge is -2.27. The van der Waals surface area contributed by atoms with Gasteiger partial charge in [-0.15, -0.1) is 6.42 Å². The van der Waals surface area contributed by atoms with E-state index in [1.54, 1.807) is 25.1 Å². The topological polar surface area (TPSA) is 120 Å². The number of para-hydroxylation sites is 1. The first-order valence-corrected chi connectivity index (χ1v) is 13.1. The van der Waals surface area contributed by atoms with Crippen LogP contribution in [-0.2, 0) is 27.8 Å². The number of ketones is 1. The van der Waals surface area contributed by atoms with Crippen LogP contribution in [0.3, 0.4) is 0 Å². The second-order valence-electron chi connectivity index (χ2n) is 10.1. The van der Waals surface area contributed by atoms with E-state index in [0.29, 0.717) is 54.6 Å². The summed E-state index contributed by atoms with van der Waals surface area (Å²) in [5.74, 6) is 2.78. The van der Waals surface area contributed by atoms with Crippen LogP contribution in [0.1, 0.15) is 29.7 Å². The van der Waals surface area contributed by atoms with Gasteiger partial charge in [-0.05, 0) is 26.0 Å². The first kappa shape index (κ1) is 25.3. The molecular weight excluding hydrogens is 508 g/mol. The summed E-state index contributed by atoms with van der Waals surface area (Å²) in [6, 6.07) is 9.97. The molecule has 2 aliphatic rings. The van der Waals surface area contributed by atoms with Crippen molar-refractivity contribution in [1.82, 2.24) is 34.2 Å². The number of fused-ring (bicyclic) bond motifs is 2. The van der Waals surface area contributed by atoms with Gasteiger partial charge in [0.25, 0.3) is 5.91 Å². The van der Waals surface area contributed by atoms with Gasteiger partial charge in [0.15, 0.2) is 5.82 Å². The zero-order valence-electron chi connectivity index (χ0n) is 22.3. The van der Waals surface area contributed by atoms with Gasteiger partial charge in [0, 0.05) is 49.4 Å². The number of nitrogens with zero attached hydrogens (tertiary/aromatic N) is 7. The lowest BCUT2D eigenvalue weighted by Crippen LogP contribution is -2.48. The van der Waals surface area contributed by atoms with E-state index in [-0.39, 0.29) is 13.2 Å². The Labute approximate surface area is 231 Å². The van der Waals surface area contributed by atoms with E-state index in [0.717, 1.165) is 17.1 Å². The number of rotatable bonds is 6. The van der Waals surface area contributed by atoms with Crippen LogP contribution in [0.25, 0.3) is 11.5 Å². The number of terminal acetylenes is 1. The van der Waals surface area contributed by atoms with Crippen molar-refractivity contribution in [2.45, 2.75) is 32.1 Å². The van der Waals surface area contributed by atoms with E-state index in [1.165, 1.54) is 10.9 Å². The van der Waals surface area contributed by atoms with E-state index in [1.807, 2.05) is 36.7 Å². The van der Waals surface area contributed by atoms with E-state index < -0.39 is 17.1 Å². The number of pyridine rings is 1. The Hall–Kier alpha value is -4.98. The molecule has 2 aliphatic heterocycles. The van der Waals surface area contributed by atoms with Crippen LogP contribution in [0.2, 0.25) is 0 Å². The van der Waals surface area contributed by atoms with Gasteiger partial charge in [-0.2, -0.15) is 5.10 Å². The molecule has 1 atom stereocenters. The number of aryl methyl sites for hydroxylation is 1. The van der Waals surface area contributed by atoms with Crippen molar-refractivity contribution in [3.8, 4) is 29.6 Å². The summed E-state index contributed by atoms with van der Waals surface area (Å²) >= 11 is 0. The minimum Gasteiger partial charge on any atom is -0.479 e. The fraction of sp³-hybridized carbons (Fsp3) is 0.310. The smallest absolute Gasteiger partial charge is 0.290 e. The maximum atomic E-state index is 14.0. The van der Waals surface area contributed by atoms with Gasteiger partial charge in [-0.25, -0.2) is 19.6 Å². The van der Waals surface area contributed by atoms with Crippen LogP contribution in [-0.4, -0.2) is 72.1 Å². The van der Waals surface area contributed by atoms with Crippen molar-refractivity contribution in [1.29, 1.82) is 0 Å². The van der Waals surface area contributed by atoms with Gasteiger partial charge in [-0.3, -0.25) is 9.59 Å². The van der Waals surface area contributed by atoms with Gasteiger partial charge in [0.1, 0.15) is 24.5 Å². The molecule has 1 amide bonds. The van der Waals surface area contributed by atoms with E-state index in [9.17, 15) is 9.59 Å². The quantitative estimate of drug-likeness (QED) is 0.294. The van der Waals surface area contributed by atoms with Gasteiger partial charge in [0.2, 0.25) is 5.78 Å². The maximum Gasteiger partial charge on any atom is 0.290 e. The van der Waals surface area contributed by atoms with Crippen molar-refractivity contribution >= 4 is 17.4 Å². The summed E-state index contributed by atoms with van der Waals surface area (Å²) in [6.07, 6.45) is 11.5. The molecule has 3 aromatic heterocycles. The fourth-order valence-electron chi connectivity index (χ4n) is 5.47. The number of amides is 1. The number of benzene rings is 1. The third-order valence-corrected chi connectivity index (χ3v) is 7.54. The molecule has 11 nitrogen and oxygen atoms in total. The summed E-state index contributed by atoms with van der Waals surface area (Å²) < 4.78 is 9.39. The molecule has 1 unspecified atom stereocenters. The van der Waals surface area contributed by atoms with Crippen LogP contribution in [0, 0.1) is 19.3 Å². The first-order valence-electron chi connectivity index (χ1n) is 13.1. The third kappa shape index (κ3) is 4.18. The minimum atomic E-state index is -1.21. The maximum absolute atomic E-state index is 14.0. The third-order valence-electron chi connectivity index (χ3n) is 7.54. The standard InChI is InChI=1S/C29H28N8O3/c1-4-14-40-23-15-30-27(37-18-32-19(2)34-37)25-24(23)29(3,16-31-25)26(38)28(39)35-12-10-21-22(11-13-35)36(17-33-21)20-8-6-5-7-9-20/h1,5-9,15,17-18,31H,10-14,16H2,2-3H3. The molecule has 0 bridgehead atoms. The Balaban J connectivity index is 1.29. The van der Waals surface area contributed by atoms with Crippen molar-refractivity contribution in [2.75, 3.05) is 31.6 Å². The predicted octanol–water partition coefficient (Wildman–Crippen LogP) is 2.05. The van der Waals surface area contributed by atoms with Crippen molar-refractivity contribution in [2.24, 2.45) is 0 Å². The first-order chi connectivity index (χ1) is 19.4. The molecule has 0 aliphatic carbocycles. The van der Waals surface area contributed by atoms with Crippen molar-refractivity contribution < 1.29 is 14.3 Å². The number of imidazole rings is 1. The molecule has 0 radical (unpaired) electrons. The number of aromatic nitrogens is 6. The number of Topliss-reactive ketones (excluding diaryl/α,β-unsaturated/α-hetero) is 1. The minimum absolute atomic E-state index is 0.00407. The predicted molar refractivity (Wildman–Crippen MR) is 147 cm³/mol. The number of carbonyl (C=O) groups is 2. The summed E-state index contributed by atoms with van der Waals surface area (Å²) in [4.78, 5) is 42.7. The summed E-state index contributed by atoms with van der Waals surface area (Å²) in [6.45, 7) is 4.53. The van der Waals surface area contributed by atoms with Gasteiger partial charge in [-0.1, -0.05) is 24.1 Å². The van der Waals surface area contributed by atoms with Crippen LogP contribution in [0.5, 0.6) is 5.75 Å². The van der Waals surface area contributed by atoms with E-state index >= 15 is 0 Å². The average Bonchev–Trinajstić information content (AvgIpc) is 3.65. The molecule has 40 heavy (non-hydrogen) atoms. The molecule has 0 saturated heterocycles. The summed E-state index contributed by atoms with van der Waals surface area (Å²) in [5, 5.41) is 7.65. The number of nitrogens with one attached hydrogen (secondary N) is 1. The molecule has 0 fully saturated rings. The Morgan fingerprint density at radius 3 is 2.67 bits per heavy atom. The van der Waals surface area contributed by atoms with Crippen molar-refractivity contribution in [3.63, 3.8) is 0 Å². The Morgan fingerprint density at radius 1 is 1.12 bits per heavy atom. The van der Waals surface area contributed by atoms with Gasteiger partial charge < -0.3 is 19.5 Å². The van der Waals surface area contributed by atoms with Crippen molar-refractivity contribution in [3.05, 3.63) is 72.0 Å². The van der Waals surface area contributed by atoms with E-state index in [4.69, 9.17) is 11.2 Å². The van der Waals surface area contributed by atoms with Crippen LogP contribution in [0.15, 0.2) is 49.2 Å². The lowest BCUT2D eigenvalue weighted by molar-refractivity contribution is -0.147. The molecule has 6 rings (SSSR count). The molecule has 202 valence electrons. The zero-order valence-corrected chi connectivity index (χ0v) is 22.3. The monoisotopic (exact) mass is 536 g/mol. The van der Waals surface area contributed by atoms with Gasteiger partial charge >= 0.3 is 0 Å². The molecule has 1 aromatic carbocycles. The van der Waals surface area contributed by atoms with Crippen LogP contribution in [0.4, 0.5) is 5.69 Å². The highest BCUT2D eigenvalue weighted by molar-refractivity contribution is 6.40. The normalized spacial score (nSPS) is 17.8. The van der Waals surface area contributed by atoms with Gasteiger partial charge in [0.05, 0.1) is 29.3 Å². The Bertz CT molecular complexity index is 1650. The fourth-order valence-corrected chi connectivity index (χ4v) is 5.47. The summed E-state index contributed by atoms with van der Waals surface area (Å²) in [5.41, 5.74) is 2.90. The number of anilines is 1. The Kier molecular flexibility index (Phi) is 6.30. The van der Waals surface area contributed by atoms with Crippen LogP contribution < -0.4 is 10.1 Å². The number of carbonyl (C=O) groups excluding carboxylic acids is 2. The van der Waals surface area contributed by atoms with E-state index in [2.05, 4.69) is 35.9 Å². The number of ether oxygens (including phenoxy) is 1. The zero-order chi connectivity index (χ0) is 27.9. The molecule has 11 heteroatoms. The number of hydrogen-bond acceptors (Lipinski definition) is 8. The summed E-state index contributed by atoms with van der Waals surface area (Å²) in [7, 11) is 0. The van der Waals surface area contributed by atoms with Crippen LogP contribution >= 0.6 is 0 Å². The molecule has 0 saturated carbocycles. The Morgan fingerprint density at radius 2 is 1.93 bits per heavy atom. The molecule has 0 spiro atoms. The second kappa shape index (κ2) is 9.96. The molecule has 5 heterocycles. The SMILES string of the molecule is C#CCOc1cnc(-n2cnc(C)n2)c2c1C(C)(C(=O)C(=O)N1CCc3ncn(-c4ccccc4)c3CC1)CN2. The highest BCUT2D eigenvalue weighted by Crippen LogP contribution is 2.45. The highest BCUT2D eigenvalue weighted by atomic mass is 16.5.